The number of nitrogens with zero attached hydrogens (tertiary/aromatic N) is 1. The van der Waals surface area contributed by atoms with Crippen LogP contribution in [0.4, 0.5) is 5.69 Å². The summed E-state index contributed by atoms with van der Waals surface area (Å²) in [6.45, 7) is 0. The Labute approximate surface area is 117 Å². The van der Waals surface area contributed by atoms with Crippen molar-refractivity contribution in [1.82, 2.24) is 0 Å². The Morgan fingerprint density at radius 2 is 1.78 bits per heavy atom. The highest BCUT2D eigenvalue weighted by Gasteiger charge is 2.47. The SMILES string of the molecule is O=C1CSC2(CCCCC2)N1c1ccc(Cl)cc1. The third-order valence-electron chi connectivity index (χ3n) is 3.84. The second kappa shape index (κ2) is 4.78. The van der Waals surface area contributed by atoms with Crippen LogP contribution in [0.2, 0.25) is 5.02 Å². The Morgan fingerprint density at radius 3 is 2.44 bits per heavy atom. The van der Waals surface area contributed by atoms with E-state index in [1.807, 2.05) is 40.9 Å². The number of anilines is 1. The standard InChI is InChI=1S/C14H16ClNOS/c15-11-4-6-12(7-5-11)16-13(17)10-18-14(16)8-2-1-3-9-14/h4-7H,1-3,8-10H2. The molecule has 0 radical (unpaired) electrons. The summed E-state index contributed by atoms with van der Waals surface area (Å²) in [7, 11) is 0. The molecule has 1 heterocycles. The maximum Gasteiger partial charge on any atom is 0.238 e. The molecular formula is C14H16ClNOS. The summed E-state index contributed by atoms with van der Waals surface area (Å²) in [4.78, 5) is 14.2. The number of rotatable bonds is 1. The monoisotopic (exact) mass is 281 g/mol. The lowest BCUT2D eigenvalue weighted by Crippen LogP contribution is -2.45. The zero-order valence-electron chi connectivity index (χ0n) is 10.2. The molecule has 1 aromatic carbocycles. The average molecular weight is 282 g/mol. The van der Waals surface area contributed by atoms with Gasteiger partial charge in [-0.1, -0.05) is 30.9 Å². The Bertz CT molecular complexity index is 453. The predicted molar refractivity (Wildman–Crippen MR) is 77.2 cm³/mol. The minimum Gasteiger partial charge on any atom is -0.297 e. The van der Waals surface area contributed by atoms with Crippen molar-refractivity contribution in [2.75, 3.05) is 10.7 Å². The quantitative estimate of drug-likeness (QED) is 0.773. The van der Waals surface area contributed by atoms with Crippen LogP contribution in [0, 0.1) is 0 Å². The van der Waals surface area contributed by atoms with E-state index in [0.717, 1.165) is 23.6 Å². The molecule has 0 atom stereocenters. The Hall–Kier alpha value is -0.670. The van der Waals surface area contributed by atoms with Gasteiger partial charge in [0.05, 0.1) is 10.6 Å². The molecule has 1 aliphatic carbocycles. The van der Waals surface area contributed by atoms with E-state index >= 15 is 0 Å². The van der Waals surface area contributed by atoms with Gasteiger partial charge in [-0.3, -0.25) is 9.69 Å². The van der Waals surface area contributed by atoms with Crippen LogP contribution in [0.1, 0.15) is 32.1 Å². The minimum absolute atomic E-state index is 0.0170. The first-order valence-electron chi connectivity index (χ1n) is 6.44. The fourth-order valence-corrected chi connectivity index (χ4v) is 4.55. The molecule has 96 valence electrons. The zero-order valence-corrected chi connectivity index (χ0v) is 11.8. The van der Waals surface area contributed by atoms with Crippen LogP contribution in [-0.4, -0.2) is 16.5 Å². The first-order chi connectivity index (χ1) is 8.71. The van der Waals surface area contributed by atoms with E-state index in [0.29, 0.717) is 5.75 Å². The van der Waals surface area contributed by atoms with Gasteiger partial charge in [-0.2, -0.15) is 0 Å². The van der Waals surface area contributed by atoms with Gasteiger partial charge < -0.3 is 0 Å². The van der Waals surface area contributed by atoms with Crippen LogP contribution >= 0.6 is 23.4 Å². The van der Waals surface area contributed by atoms with Gasteiger partial charge in [0.2, 0.25) is 5.91 Å². The molecule has 1 aliphatic heterocycles. The number of thioether (sulfide) groups is 1. The molecule has 2 aliphatic rings. The smallest absolute Gasteiger partial charge is 0.238 e. The fraction of sp³-hybridized carbons (Fsp3) is 0.500. The Balaban J connectivity index is 1.96. The van der Waals surface area contributed by atoms with Crippen molar-refractivity contribution in [3.05, 3.63) is 29.3 Å². The third kappa shape index (κ3) is 2.04. The summed E-state index contributed by atoms with van der Waals surface area (Å²) in [5.41, 5.74) is 0.997. The third-order valence-corrected chi connectivity index (χ3v) is 5.61. The predicted octanol–water partition coefficient (Wildman–Crippen LogP) is 4.08. The van der Waals surface area contributed by atoms with E-state index in [1.165, 1.54) is 19.3 Å². The number of carbonyl (C=O) groups is 1. The van der Waals surface area contributed by atoms with Gasteiger partial charge in [-0.25, -0.2) is 0 Å². The van der Waals surface area contributed by atoms with Crippen molar-refractivity contribution >= 4 is 35.0 Å². The van der Waals surface area contributed by atoms with Crippen molar-refractivity contribution < 1.29 is 4.79 Å². The van der Waals surface area contributed by atoms with E-state index in [-0.39, 0.29) is 10.8 Å². The van der Waals surface area contributed by atoms with Gasteiger partial charge in [0.25, 0.3) is 0 Å². The van der Waals surface area contributed by atoms with Gasteiger partial charge in [0.15, 0.2) is 0 Å². The summed E-state index contributed by atoms with van der Waals surface area (Å²) >= 11 is 7.75. The van der Waals surface area contributed by atoms with Crippen LogP contribution in [0.3, 0.4) is 0 Å². The largest absolute Gasteiger partial charge is 0.297 e. The molecular weight excluding hydrogens is 266 g/mol. The summed E-state index contributed by atoms with van der Waals surface area (Å²) in [6.07, 6.45) is 5.98. The number of carbonyl (C=O) groups excluding carboxylic acids is 1. The van der Waals surface area contributed by atoms with Crippen LogP contribution < -0.4 is 4.90 Å². The van der Waals surface area contributed by atoms with Crippen LogP contribution in [0.15, 0.2) is 24.3 Å². The topological polar surface area (TPSA) is 20.3 Å². The molecule has 3 rings (SSSR count). The van der Waals surface area contributed by atoms with E-state index in [2.05, 4.69) is 0 Å². The molecule has 1 saturated heterocycles. The fourth-order valence-electron chi connectivity index (χ4n) is 2.99. The molecule has 1 spiro atoms. The Kier molecular flexibility index (Phi) is 3.29. The normalized spacial score (nSPS) is 22.7. The second-order valence-corrected chi connectivity index (χ2v) is 6.77. The molecule has 0 bridgehead atoms. The van der Waals surface area contributed by atoms with Gasteiger partial charge in [-0.15, -0.1) is 11.8 Å². The molecule has 2 nitrogen and oxygen atoms in total. The number of hydrogen-bond donors (Lipinski definition) is 0. The van der Waals surface area contributed by atoms with E-state index in [9.17, 15) is 4.79 Å². The lowest BCUT2D eigenvalue weighted by Gasteiger charge is -2.40. The molecule has 2 fully saturated rings. The van der Waals surface area contributed by atoms with Crippen molar-refractivity contribution in [3.8, 4) is 0 Å². The van der Waals surface area contributed by atoms with E-state index in [1.54, 1.807) is 0 Å². The first kappa shape index (κ1) is 12.4. The highest BCUT2D eigenvalue weighted by atomic mass is 35.5. The van der Waals surface area contributed by atoms with Crippen molar-refractivity contribution in [2.24, 2.45) is 0 Å². The number of amides is 1. The van der Waals surface area contributed by atoms with Crippen LogP contribution in [-0.2, 0) is 4.79 Å². The Morgan fingerprint density at radius 1 is 1.11 bits per heavy atom. The van der Waals surface area contributed by atoms with E-state index < -0.39 is 0 Å². The van der Waals surface area contributed by atoms with E-state index in [4.69, 9.17) is 11.6 Å². The number of hydrogen-bond acceptors (Lipinski definition) is 2. The molecule has 0 aromatic heterocycles. The zero-order chi connectivity index (χ0) is 12.6. The van der Waals surface area contributed by atoms with Crippen LogP contribution in [0.25, 0.3) is 0 Å². The lowest BCUT2D eigenvalue weighted by atomic mass is 9.93. The first-order valence-corrected chi connectivity index (χ1v) is 7.80. The molecule has 18 heavy (non-hydrogen) atoms. The summed E-state index contributed by atoms with van der Waals surface area (Å²) < 4.78 is 0. The second-order valence-electron chi connectivity index (χ2n) is 5.00. The van der Waals surface area contributed by atoms with Crippen molar-refractivity contribution in [3.63, 3.8) is 0 Å². The van der Waals surface area contributed by atoms with Crippen LogP contribution in [0.5, 0.6) is 0 Å². The average Bonchev–Trinajstić information content (AvgIpc) is 2.69. The summed E-state index contributed by atoms with van der Waals surface area (Å²) in [6, 6.07) is 7.65. The molecule has 4 heteroatoms. The molecule has 1 saturated carbocycles. The summed E-state index contributed by atoms with van der Waals surface area (Å²) in [5.74, 6) is 0.854. The maximum atomic E-state index is 12.2. The number of benzene rings is 1. The molecule has 1 aromatic rings. The molecule has 0 N–H and O–H groups in total. The molecule has 1 amide bonds. The summed E-state index contributed by atoms with van der Waals surface area (Å²) in [5, 5.41) is 0.718. The molecule has 0 unspecified atom stereocenters. The maximum absolute atomic E-state index is 12.2. The van der Waals surface area contributed by atoms with Gasteiger partial charge in [-0.05, 0) is 37.1 Å². The van der Waals surface area contributed by atoms with Crippen molar-refractivity contribution in [2.45, 2.75) is 37.0 Å². The lowest BCUT2D eigenvalue weighted by molar-refractivity contribution is -0.116. The van der Waals surface area contributed by atoms with Gasteiger partial charge in [0, 0.05) is 10.7 Å². The van der Waals surface area contributed by atoms with Gasteiger partial charge >= 0.3 is 0 Å². The minimum atomic E-state index is 0.0170. The number of halogens is 1. The highest BCUT2D eigenvalue weighted by Crippen LogP contribution is 2.49. The van der Waals surface area contributed by atoms with Crippen molar-refractivity contribution in [1.29, 1.82) is 0 Å². The highest BCUT2D eigenvalue weighted by molar-refractivity contribution is 8.02. The van der Waals surface area contributed by atoms with Gasteiger partial charge in [0.1, 0.15) is 0 Å².